The molecular formula is C12H9ClN4S. The summed E-state index contributed by atoms with van der Waals surface area (Å²) in [5.41, 5.74) is 1.53. The van der Waals surface area contributed by atoms with Gasteiger partial charge in [0.2, 0.25) is 0 Å². The Balaban J connectivity index is 1.68. The van der Waals surface area contributed by atoms with Gasteiger partial charge in [0.05, 0.1) is 0 Å². The Kier molecular flexibility index (Phi) is 2.90. The van der Waals surface area contributed by atoms with E-state index in [2.05, 4.69) is 21.4 Å². The first-order valence-electron chi connectivity index (χ1n) is 5.51. The molecule has 0 bridgehead atoms. The Morgan fingerprint density at radius 1 is 1.56 bits per heavy atom. The Morgan fingerprint density at radius 3 is 3.11 bits per heavy atom. The lowest BCUT2D eigenvalue weighted by atomic mass is 10.2. The molecule has 4 nitrogen and oxygen atoms in total. The van der Waals surface area contributed by atoms with Crippen LogP contribution in [0.5, 0.6) is 0 Å². The van der Waals surface area contributed by atoms with E-state index in [1.807, 2.05) is 18.3 Å². The Morgan fingerprint density at radius 2 is 2.44 bits per heavy atom. The van der Waals surface area contributed by atoms with Crippen LogP contribution in [0.25, 0.3) is 0 Å². The van der Waals surface area contributed by atoms with Gasteiger partial charge in [-0.2, -0.15) is 5.26 Å². The lowest BCUT2D eigenvalue weighted by molar-refractivity contribution is 1.02. The monoisotopic (exact) mass is 276 g/mol. The molecule has 0 unspecified atom stereocenters. The SMILES string of the molecule is N#Cc1nc(N[C@H]2C[C@@H]2c2cccnc2)sc1Cl. The zero-order chi connectivity index (χ0) is 12.5. The molecule has 2 atom stereocenters. The second kappa shape index (κ2) is 4.56. The minimum Gasteiger partial charge on any atom is -0.358 e. The minimum atomic E-state index is 0.294. The molecule has 2 aromatic heterocycles. The molecule has 0 spiro atoms. The van der Waals surface area contributed by atoms with Crippen LogP contribution in [0.2, 0.25) is 4.34 Å². The van der Waals surface area contributed by atoms with Crippen molar-refractivity contribution in [3.63, 3.8) is 0 Å². The average molecular weight is 277 g/mol. The average Bonchev–Trinajstić information content (AvgIpc) is 3.06. The van der Waals surface area contributed by atoms with Crippen LogP contribution >= 0.6 is 22.9 Å². The fourth-order valence-electron chi connectivity index (χ4n) is 1.91. The molecule has 0 saturated heterocycles. The quantitative estimate of drug-likeness (QED) is 0.936. The summed E-state index contributed by atoms with van der Waals surface area (Å²) >= 11 is 7.20. The van der Waals surface area contributed by atoms with Crippen molar-refractivity contribution >= 4 is 28.1 Å². The van der Waals surface area contributed by atoms with Gasteiger partial charge in [-0.25, -0.2) is 4.98 Å². The molecule has 0 radical (unpaired) electrons. The normalized spacial score (nSPS) is 21.3. The minimum absolute atomic E-state index is 0.294. The van der Waals surface area contributed by atoms with Crippen LogP contribution in [-0.4, -0.2) is 16.0 Å². The highest BCUT2D eigenvalue weighted by Crippen LogP contribution is 2.43. The molecule has 18 heavy (non-hydrogen) atoms. The molecule has 0 amide bonds. The molecule has 3 rings (SSSR count). The van der Waals surface area contributed by atoms with Crippen LogP contribution in [0.4, 0.5) is 5.13 Å². The van der Waals surface area contributed by atoms with Gasteiger partial charge < -0.3 is 5.32 Å². The van der Waals surface area contributed by atoms with Crippen LogP contribution in [0.1, 0.15) is 23.6 Å². The second-order valence-electron chi connectivity index (χ2n) is 4.13. The standard InChI is InChI=1S/C12H9ClN4S/c13-11-10(5-14)17-12(18-11)16-9-4-8(9)7-2-1-3-15-6-7/h1-3,6,8-9H,4H2,(H,16,17)/t8-,9+/m1/s1. The van der Waals surface area contributed by atoms with Crippen molar-refractivity contribution in [1.29, 1.82) is 5.26 Å². The van der Waals surface area contributed by atoms with Crippen molar-refractivity contribution in [2.75, 3.05) is 5.32 Å². The Bertz CT molecular complexity index is 604. The van der Waals surface area contributed by atoms with E-state index in [4.69, 9.17) is 16.9 Å². The Labute approximate surface area is 113 Å². The summed E-state index contributed by atoms with van der Waals surface area (Å²) in [6.07, 6.45) is 4.72. The summed E-state index contributed by atoms with van der Waals surface area (Å²) in [7, 11) is 0. The van der Waals surface area contributed by atoms with Gasteiger partial charge in [0, 0.05) is 24.4 Å². The first-order chi connectivity index (χ1) is 8.78. The number of hydrogen-bond acceptors (Lipinski definition) is 5. The van der Waals surface area contributed by atoms with Crippen LogP contribution in [0.3, 0.4) is 0 Å². The van der Waals surface area contributed by atoms with Crippen molar-refractivity contribution in [3.05, 3.63) is 40.1 Å². The van der Waals surface area contributed by atoms with Crippen molar-refractivity contribution < 1.29 is 0 Å². The number of nitriles is 1. The molecule has 6 heteroatoms. The number of pyridine rings is 1. The molecule has 0 aromatic carbocycles. The smallest absolute Gasteiger partial charge is 0.185 e. The predicted molar refractivity (Wildman–Crippen MR) is 70.8 cm³/mol. The molecule has 1 N–H and O–H groups in total. The van der Waals surface area contributed by atoms with Crippen molar-refractivity contribution in [3.8, 4) is 6.07 Å². The number of hydrogen-bond donors (Lipinski definition) is 1. The van der Waals surface area contributed by atoms with E-state index in [1.54, 1.807) is 6.20 Å². The largest absolute Gasteiger partial charge is 0.358 e. The Hall–Kier alpha value is -1.64. The maximum absolute atomic E-state index is 8.79. The van der Waals surface area contributed by atoms with Crippen molar-refractivity contribution in [1.82, 2.24) is 9.97 Å². The summed E-state index contributed by atoms with van der Waals surface area (Å²) in [6, 6.07) is 6.35. The van der Waals surface area contributed by atoms with Gasteiger partial charge in [0.25, 0.3) is 0 Å². The van der Waals surface area contributed by atoms with E-state index in [9.17, 15) is 0 Å². The number of nitrogens with zero attached hydrogens (tertiary/aromatic N) is 3. The molecule has 2 heterocycles. The summed E-state index contributed by atoms with van der Waals surface area (Å²) in [6.45, 7) is 0. The lowest BCUT2D eigenvalue weighted by Crippen LogP contribution is -2.03. The number of anilines is 1. The number of halogens is 1. The fraction of sp³-hybridized carbons (Fsp3) is 0.250. The van der Waals surface area contributed by atoms with Crippen molar-refractivity contribution in [2.45, 2.75) is 18.4 Å². The topological polar surface area (TPSA) is 61.6 Å². The molecule has 1 fully saturated rings. The molecule has 90 valence electrons. The molecule has 1 aliphatic rings. The first kappa shape index (κ1) is 11.5. The summed E-state index contributed by atoms with van der Waals surface area (Å²) in [4.78, 5) is 8.25. The van der Waals surface area contributed by atoms with E-state index in [-0.39, 0.29) is 0 Å². The molecule has 1 aliphatic carbocycles. The summed E-state index contributed by atoms with van der Waals surface area (Å²) < 4.78 is 0.443. The number of aromatic nitrogens is 2. The highest BCUT2D eigenvalue weighted by atomic mass is 35.5. The molecule has 0 aliphatic heterocycles. The van der Waals surface area contributed by atoms with E-state index in [0.717, 1.165) is 6.42 Å². The van der Waals surface area contributed by atoms with Crippen LogP contribution in [0.15, 0.2) is 24.5 Å². The van der Waals surface area contributed by atoms with Gasteiger partial charge in [0.1, 0.15) is 10.4 Å². The first-order valence-corrected chi connectivity index (χ1v) is 6.70. The summed E-state index contributed by atoms with van der Waals surface area (Å²) in [5.74, 6) is 0.479. The van der Waals surface area contributed by atoms with Crippen LogP contribution < -0.4 is 5.32 Å². The van der Waals surface area contributed by atoms with E-state index in [0.29, 0.717) is 27.1 Å². The van der Waals surface area contributed by atoms with E-state index >= 15 is 0 Å². The molecule has 2 aromatic rings. The van der Waals surface area contributed by atoms with Gasteiger partial charge in [-0.3, -0.25) is 4.98 Å². The lowest BCUT2D eigenvalue weighted by Gasteiger charge is -2.01. The van der Waals surface area contributed by atoms with Crippen LogP contribution in [-0.2, 0) is 0 Å². The zero-order valence-corrected chi connectivity index (χ0v) is 10.9. The molecular weight excluding hydrogens is 268 g/mol. The fourth-order valence-corrected chi connectivity index (χ4v) is 2.92. The molecule has 1 saturated carbocycles. The third kappa shape index (κ3) is 2.17. The van der Waals surface area contributed by atoms with E-state index < -0.39 is 0 Å². The third-order valence-electron chi connectivity index (χ3n) is 2.90. The summed E-state index contributed by atoms with van der Waals surface area (Å²) in [5, 5.41) is 12.8. The van der Waals surface area contributed by atoms with Gasteiger partial charge in [-0.15, -0.1) is 0 Å². The van der Waals surface area contributed by atoms with Crippen molar-refractivity contribution in [2.24, 2.45) is 0 Å². The third-order valence-corrected chi connectivity index (χ3v) is 4.09. The number of rotatable bonds is 3. The van der Waals surface area contributed by atoms with E-state index in [1.165, 1.54) is 16.9 Å². The van der Waals surface area contributed by atoms with Gasteiger partial charge >= 0.3 is 0 Å². The van der Waals surface area contributed by atoms with Gasteiger partial charge in [-0.05, 0) is 18.1 Å². The van der Waals surface area contributed by atoms with Gasteiger partial charge in [-0.1, -0.05) is 29.0 Å². The second-order valence-corrected chi connectivity index (χ2v) is 5.73. The number of nitrogens with one attached hydrogen (secondary N) is 1. The van der Waals surface area contributed by atoms with Crippen LogP contribution in [0, 0.1) is 11.3 Å². The zero-order valence-electron chi connectivity index (χ0n) is 9.30. The maximum atomic E-state index is 8.79. The number of thiazole rings is 1. The maximum Gasteiger partial charge on any atom is 0.185 e. The predicted octanol–water partition coefficient (Wildman–Crippen LogP) is 3.03. The highest BCUT2D eigenvalue weighted by Gasteiger charge is 2.39. The highest BCUT2D eigenvalue weighted by molar-refractivity contribution is 7.19. The van der Waals surface area contributed by atoms with Gasteiger partial charge in [0.15, 0.2) is 10.8 Å².